The molecule has 29 heavy (non-hydrogen) atoms. The smallest absolute Gasteiger partial charge is 0.407 e. The van der Waals surface area contributed by atoms with Gasteiger partial charge in [0.25, 0.3) is 0 Å². The van der Waals surface area contributed by atoms with E-state index < -0.39 is 17.7 Å². The summed E-state index contributed by atoms with van der Waals surface area (Å²) in [5.41, 5.74) is -0.582. The Morgan fingerprint density at radius 1 is 1.38 bits per heavy atom. The highest BCUT2D eigenvalue weighted by atomic mass is 16.6. The number of hydrogen-bond acceptors (Lipinski definition) is 6. The molecule has 0 aromatic rings. The Balaban J connectivity index is 2.92. The van der Waals surface area contributed by atoms with Gasteiger partial charge >= 0.3 is 12.1 Å². The number of esters is 1. The van der Waals surface area contributed by atoms with Gasteiger partial charge in [0.1, 0.15) is 12.1 Å². The topological polar surface area (TPSA) is 107 Å². The first kappa shape index (κ1) is 24.1. The van der Waals surface area contributed by atoms with Gasteiger partial charge in [0.15, 0.2) is 0 Å². The average Bonchev–Trinajstić information content (AvgIpc) is 2.62. The summed E-state index contributed by atoms with van der Waals surface area (Å²) < 4.78 is 10.4. The molecule has 1 amide bonds. The summed E-state index contributed by atoms with van der Waals surface area (Å²) in [4.78, 5) is 31.5. The van der Waals surface area contributed by atoms with Gasteiger partial charge in [0.05, 0.1) is 13.2 Å². The first-order chi connectivity index (χ1) is 13.7. The lowest BCUT2D eigenvalue weighted by atomic mass is 10.1. The van der Waals surface area contributed by atoms with Gasteiger partial charge in [-0.3, -0.25) is 4.79 Å². The number of alkyl carbamates (subject to hydrolysis) is 1. The second-order valence-corrected chi connectivity index (χ2v) is 7.53. The Kier molecular flexibility index (Phi) is 9.81. The zero-order valence-electron chi connectivity index (χ0n) is 17.9. The number of rotatable bonds is 5. The molecule has 0 bridgehead atoms. The Morgan fingerprint density at radius 2 is 2.10 bits per heavy atom. The summed E-state index contributed by atoms with van der Waals surface area (Å²) in [6.45, 7) is 10.4. The lowest BCUT2D eigenvalue weighted by molar-refractivity contribution is -0.143. The van der Waals surface area contributed by atoms with Gasteiger partial charge < -0.3 is 24.6 Å². The fraction of sp³-hybridized carbons (Fsp3) is 0.700. The number of aliphatic imine (C=N–C) groups is 1. The second kappa shape index (κ2) is 11.8. The van der Waals surface area contributed by atoms with Gasteiger partial charge in [-0.25, -0.2) is 4.79 Å². The van der Waals surface area contributed by atoms with E-state index in [2.05, 4.69) is 22.2 Å². The monoisotopic (exact) mass is 405 g/mol. The molecule has 1 heterocycles. The van der Waals surface area contributed by atoms with E-state index >= 15 is 0 Å². The number of nitriles is 1. The molecule has 9 nitrogen and oxygen atoms in total. The van der Waals surface area contributed by atoms with Crippen LogP contribution in [0, 0.1) is 23.3 Å². The van der Waals surface area contributed by atoms with E-state index in [1.165, 1.54) is 0 Å². The molecule has 0 radical (unpaired) electrons. The number of ether oxygens (including phenoxy) is 2. The number of amides is 1. The van der Waals surface area contributed by atoms with Crippen LogP contribution in [-0.4, -0.2) is 72.3 Å². The minimum atomic E-state index is -0.582. The molecule has 0 aromatic carbocycles. The summed E-state index contributed by atoms with van der Waals surface area (Å²) in [5, 5.41) is 12.1. The summed E-state index contributed by atoms with van der Waals surface area (Å²) in [5.74, 6) is 5.62. The van der Waals surface area contributed by atoms with Gasteiger partial charge in [-0.15, -0.1) is 10.9 Å². The van der Waals surface area contributed by atoms with E-state index in [1.54, 1.807) is 45.7 Å². The van der Waals surface area contributed by atoms with Gasteiger partial charge in [-0.05, 0) is 47.5 Å². The van der Waals surface area contributed by atoms with E-state index in [4.69, 9.17) is 9.47 Å². The molecular formula is C20H31N5O4. The number of carbonyl (C=O) groups is 2. The van der Waals surface area contributed by atoms with Crippen molar-refractivity contribution in [3.8, 4) is 18.0 Å². The molecular weight excluding hydrogens is 374 g/mol. The van der Waals surface area contributed by atoms with Gasteiger partial charge in [0, 0.05) is 19.1 Å². The van der Waals surface area contributed by atoms with Crippen LogP contribution in [0.25, 0.3) is 0 Å². The minimum absolute atomic E-state index is 0.0658. The highest BCUT2D eigenvalue weighted by molar-refractivity contribution is 5.85. The Labute approximate surface area is 173 Å². The van der Waals surface area contributed by atoms with Crippen LogP contribution < -0.4 is 5.32 Å². The molecule has 1 N–H and O–H groups in total. The molecule has 1 saturated heterocycles. The Morgan fingerprint density at radius 3 is 2.69 bits per heavy atom. The van der Waals surface area contributed by atoms with Crippen molar-refractivity contribution < 1.29 is 19.1 Å². The van der Waals surface area contributed by atoms with Crippen molar-refractivity contribution in [3.63, 3.8) is 0 Å². The lowest BCUT2D eigenvalue weighted by Crippen LogP contribution is -2.55. The maximum absolute atomic E-state index is 12.1. The lowest BCUT2D eigenvalue weighted by Gasteiger charge is -2.38. The fourth-order valence-electron chi connectivity index (χ4n) is 2.87. The third-order valence-corrected chi connectivity index (χ3v) is 3.93. The SMILES string of the molecule is CC#CCN(CC(=O)OCC)C(=NC#N)N1CCCC(NC(=O)OC(C)(C)C)C1. The van der Waals surface area contributed by atoms with Crippen molar-refractivity contribution in [1.29, 1.82) is 5.26 Å². The molecule has 160 valence electrons. The molecule has 1 fully saturated rings. The zero-order chi connectivity index (χ0) is 21.9. The van der Waals surface area contributed by atoms with E-state index in [1.807, 2.05) is 4.90 Å². The van der Waals surface area contributed by atoms with E-state index in [9.17, 15) is 14.9 Å². The molecule has 1 aliphatic heterocycles. The molecule has 1 aliphatic rings. The van der Waals surface area contributed by atoms with Crippen molar-refractivity contribution in [1.82, 2.24) is 15.1 Å². The van der Waals surface area contributed by atoms with Crippen LogP contribution in [0.2, 0.25) is 0 Å². The van der Waals surface area contributed by atoms with Crippen LogP contribution in [0.5, 0.6) is 0 Å². The maximum Gasteiger partial charge on any atom is 0.407 e. The zero-order valence-corrected chi connectivity index (χ0v) is 17.9. The number of nitrogens with one attached hydrogen (secondary N) is 1. The van der Waals surface area contributed by atoms with Crippen molar-refractivity contribution in [2.24, 2.45) is 4.99 Å². The highest BCUT2D eigenvalue weighted by Gasteiger charge is 2.29. The van der Waals surface area contributed by atoms with Crippen LogP contribution >= 0.6 is 0 Å². The molecule has 0 aromatic heterocycles. The second-order valence-electron chi connectivity index (χ2n) is 7.53. The van der Waals surface area contributed by atoms with Gasteiger partial charge in [0.2, 0.25) is 12.2 Å². The van der Waals surface area contributed by atoms with Crippen molar-refractivity contribution in [2.75, 3.05) is 32.8 Å². The molecule has 1 atom stereocenters. The summed E-state index contributed by atoms with van der Waals surface area (Å²) in [7, 11) is 0. The normalized spacial score (nSPS) is 16.8. The molecule has 1 unspecified atom stereocenters. The molecule has 9 heteroatoms. The van der Waals surface area contributed by atoms with Gasteiger partial charge in [-0.1, -0.05) is 5.92 Å². The Bertz CT molecular complexity index is 696. The number of likely N-dealkylation sites (tertiary alicyclic amines) is 1. The number of piperidine rings is 1. The average molecular weight is 405 g/mol. The standard InChI is InChI=1S/C20H31N5O4/c1-6-8-11-25(14-17(26)28-7-2)18(22-15-21)24-12-9-10-16(13-24)23-19(27)29-20(3,4)5/h16H,7,9-14H2,1-5H3,(H,23,27). The maximum atomic E-state index is 12.1. The number of hydrogen-bond donors (Lipinski definition) is 1. The third-order valence-electron chi connectivity index (χ3n) is 3.93. The first-order valence-electron chi connectivity index (χ1n) is 9.71. The number of carbonyl (C=O) groups excluding carboxylic acids is 2. The van der Waals surface area contributed by atoms with Crippen LogP contribution in [0.1, 0.15) is 47.5 Å². The summed E-state index contributed by atoms with van der Waals surface area (Å²) in [6, 6.07) is -0.163. The predicted octanol–water partition coefficient (Wildman–Crippen LogP) is 1.70. The van der Waals surface area contributed by atoms with Crippen LogP contribution in [0.15, 0.2) is 4.99 Å². The minimum Gasteiger partial charge on any atom is -0.465 e. The van der Waals surface area contributed by atoms with Crippen LogP contribution in [0.3, 0.4) is 0 Å². The van der Waals surface area contributed by atoms with E-state index in [-0.39, 0.29) is 25.7 Å². The van der Waals surface area contributed by atoms with Gasteiger partial charge in [-0.2, -0.15) is 5.26 Å². The highest BCUT2D eigenvalue weighted by Crippen LogP contribution is 2.14. The number of nitrogens with zero attached hydrogens (tertiary/aromatic N) is 4. The quantitative estimate of drug-likeness (QED) is 0.244. The predicted molar refractivity (Wildman–Crippen MR) is 109 cm³/mol. The van der Waals surface area contributed by atoms with E-state index in [0.717, 1.165) is 12.8 Å². The van der Waals surface area contributed by atoms with Crippen molar-refractivity contribution in [2.45, 2.75) is 59.1 Å². The third kappa shape index (κ3) is 9.20. The van der Waals surface area contributed by atoms with Crippen LogP contribution in [-0.2, 0) is 14.3 Å². The fourth-order valence-corrected chi connectivity index (χ4v) is 2.87. The Hall–Kier alpha value is -2.94. The largest absolute Gasteiger partial charge is 0.465 e. The van der Waals surface area contributed by atoms with Crippen molar-refractivity contribution in [3.05, 3.63) is 0 Å². The molecule has 0 aliphatic carbocycles. The van der Waals surface area contributed by atoms with Crippen LogP contribution in [0.4, 0.5) is 4.79 Å². The molecule has 1 rings (SSSR count). The first-order valence-corrected chi connectivity index (χ1v) is 9.71. The molecule has 0 saturated carbocycles. The summed E-state index contributed by atoms with van der Waals surface area (Å²) in [6.07, 6.45) is 2.89. The van der Waals surface area contributed by atoms with E-state index in [0.29, 0.717) is 19.0 Å². The molecule has 0 spiro atoms. The summed E-state index contributed by atoms with van der Waals surface area (Å²) >= 11 is 0. The number of guanidine groups is 1. The van der Waals surface area contributed by atoms with Crippen molar-refractivity contribution >= 4 is 18.0 Å².